The van der Waals surface area contributed by atoms with Crippen LogP contribution in [0, 0.1) is 0 Å². The Kier molecular flexibility index (Phi) is 39.7. The zero-order valence-corrected chi connectivity index (χ0v) is 38.4. The second-order valence-corrected chi connectivity index (χ2v) is 10.6. The summed E-state index contributed by atoms with van der Waals surface area (Å²) in [7, 11) is 0. The Labute approximate surface area is 353 Å². The van der Waals surface area contributed by atoms with Gasteiger partial charge in [0.15, 0.2) is 0 Å². The molecule has 0 aliphatic carbocycles. The van der Waals surface area contributed by atoms with Crippen LogP contribution in [0.1, 0.15) is 117 Å². The van der Waals surface area contributed by atoms with Crippen molar-refractivity contribution in [2.45, 2.75) is 117 Å². The van der Waals surface area contributed by atoms with E-state index in [2.05, 4.69) is 63.6 Å². The molecule has 8 nitrogen and oxygen atoms in total. The van der Waals surface area contributed by atoms with Gasteiger partial charge < -0.3 is 16.0 Å². The lowest BCUT2D eigenvalue weighted by molar-refractivity contribution is -0.114. The van der Waals surface area contributed by atoms with Gasteiger partial charge in [-0.15, -0.1) is 0 Å². The van der Waals surface area contributed by atoms with E-state index in [0.717, 1.165) is 39.6 Å². The van der Waals surface area contributed by atoms with E-state index in [1.54, 1.807) is 12.4 Å². The van der Waals surface area contributed by atoms with Crippen LogP contribution < -0.4 is 16.0 Å². The summed E-state index contributed by atoms with van der Waals surface area (Å²) in [5.41, 5.74) is 6.39. The Balaban J connectivity index is -0.000000778. The number of benzene rings is 4. The van der Waals surface area contributed by atoms with Gasteiger partial charge in [-0.05, 0) is 42.5 Å². The quantitative estimate of drug-likeness (QED) is 0.148. The third-order valence-electron chi connectivity index (χ3n) is 5.92. The summed E-state index contributed by atoms with van der Waals surface area (Å²) >= 11 is 0. The summed E-state index contributed by atoms with van der Waals surface area (Å²) < 4.78 is 0. The Morgan fingerprint density at radius 1 is 0.448 bits per heavy atom. The van der Waals surface area contributed by atoms with Crippen molar-refractivity contribution in [1.29, 1.82) is 0 Å². The number of aromatic nitrogens is 4. The largest absolute Gasteiger partial charge is 0.326 e. The molecule has 0 fully saturated rings. The van der Waals surface area contributed by atoms with Gasteiger partial charge in [0, 0.05) is 47.5 Å². The molecule has 58 heavy (non-hydrogen) atoms. The van der Waals surface area contributed by atoms with Crippen molar-refractivity contribution < 1.29 is 4.79 Å². The van der Waals surface area contributed by atoms with Gasteiger partial charge >= 0.3 is 0 Å². The summed E-state index contributed by atoms with van der Waals surface area (Å²) in [4.78, 5) is 28.6. The molecule has 0 saturated heterocycles. The molecule has 2 aromatic heterocycles. The number of anilines is 5. The molecule has 0 aliphatic heterocycles. The van der Waals surface area contributed by atoms with E-state index in [0.29, 0.717) is 11.9 Å². The molecule has 8 heteroatoms. The smallest absolute Gasteiger partial charge is 0.227 e. The minimum absolute atomic E-state index is 0.107. The van der Waals surface area contributed by atoms with Gasteiger partial charge in [0.2, 0.25) is 17.8 Å². The van der Waals surface area contributed by atoms with Crippen LogP contribution in [-0.4, -0.2) is 25.8 Å². The number of amides is 1. The monoisotopic (exact) mass is 790 g/mol. The molecule has 0 atom stereocenters. The number of rotatable bonds is 7. The summed E-state index contributed by atoms with van der Waals surface area (Å²) in [6.45, 7) is 30.0. The molecule has 4 aromatic carbocycles. The van der Waals surface area contributed by atoms with Gasteiger partial charge in [-0.25, -0.2) is 19.9 Å². The molecule has 0 unspecified atom stereocenters. The average Bonchev–Trinajstić information content (AvgIpc) is 3.29. The third kappa shape index (κ3) is 26.1. The number of hydrogen-bond acceptors (Lipinski definition) is 7. The second kappa shape index (κ2) is 40.8. The van der Waals surface area contributed by atoms with Gasteiger partial charge in [0.05, 0.1) is 11.4 Å². The maximum absolute atomic E-state index is 11.1. The topological polar surface area (TPSA) is 105 Å². The molecule has 0 radical (unpaired) electrons. The first kappa shape index (κ1) is 56.4. The maximum Gasteiger partial charge on any atom is 0.227 e. The van der Waals surface area contributed by atoms with E-state index >= 15 is 0 Å². The zero-order chi connectivity index (χ0) is 44.4. The molecule has 0 bridgehead atoms. The molecular formula is C50H75N7O. The van der Waals surface area contributed by atoms with Crippen LogP contribution in [0.15, 0.2) is 140 Å². The van der Waals surface area contributed by atoms with Crippen LogP contribution in [0.5, 0.6) is 0 Å². The number of para-hydroxylation sites is 1. The SMILES string of the molecule is CC.CC.CC.CC.CC.CC(=O)Nc1cccc(Nc2nccc(-c3ccccc3)n2)c1.CCC.CCC.c1ccc(Nc2nccc(-c3ccccc3)n2)cc1. The van der Waals surface area contributed by atoms with Gasteiger partial charge in [0.1, 0.15) is 0 Å². The number of carbonyl (C=O) groups is 1. The molecule has 0 aliphatic rings. The number of nitrogens with one attached hydrogen (secondary N) is 3. The van der Waals surface area contributed by atoms with Gasteiger partial charge in [-0.2, -0.15) is 0 Å². The van der Waals surface area contributed by atoms with E-state index in [4.69, 9.17) is 0 Å². The molecule has 0 spiro atoms. The summed E-state index contributed by atoms with van der Waals surface area (Å²) in [6, 6.07) is 41.1. The Hall–Kier alpha value is -5.89. The van der Waals surface area contributed by atoms with Crippen molar-refractivity contribution >= 4 is 34.9 Å². The van der Waals surface area contributed by atoms with Crippen LogP contribution in [0.2, 0.25) is 0 Å². The lowest BCUT2D eigenvalue weighted by Gasteiger charge is -2.08. The van der Waals surface area contributed by atoms with Crippen LogP contribution >= 0.6 is 0 Å². The highest BCUT2D eigenvalue weighted by Crippen LogP contribution is 2.22. The molecular weight excluding hydrogens is 715 g/mol. The number of hydrogen-bond donors (Lipinski definition) is 3. The minimum Gasteiger partial charge on any atom is -0.326 e. The fourth-order valence-electron chi connectivity index (χ4n) is 4.03. The Morgan fingerprint density at radius 3 is 1.16 bits per heavy atom. The van der Waals surface area contributed by atoms with Crippen LogP contribution in [-0.2, 0) is 4.79 Å². The Morgan fingerprint density at radius 2 is 0.776 bits per heavy atom. The third-order valence-corrected chi connectivity index (χ3v) is 5.92. The van der Waals surface area contributed by atoms with Crippen molar-refractivity contribution in [1.82, 2.24) is 19.9 Å². The normalized spacial score (nSPS) is 8.47. The van der Waals surface area contributed by atoms with E-state index in [-0.39, 0.29) is 5.91 Å². The van der Waals surface area contributed by atoms with E-state index in [1.165, 1.54) is 19.8 Å². The number of nitrogens with zero attached hydrogens (tertiary/aromatic N) is 4. The molecule has 0 saturated carbocycles. The minimum atomic E-state index is -0.107. The van der Waals surface area contributed by atoms with Crippen LogP contribution in [0.3, 0.4) is 0 Å². The summed E-state index contributed by atoms with van der Waals surface area (Å²) in [5, 5.41) is 9.09. The maximum atomic E-state index is 11.1. The molecule has 6 rings (SSSR count). The van der Waals surface area contributed by atoms with Gasteiger partial charge in [0.25, 0.3) is 0 Å². The highest BCUT2D eigenvalue weighted by molar-refractivity contribution is 5.89. The zero-order valence-electron chi connectivity index (χ0n) is 38.4. The van der Waals surface area contributed by atoms with Crippen molar-refractivity contribution in [2.24, 2.45) is 0 Å². The highest BCUT2D eigenvalue weighted by Gasteiger charge is 2.04. The predicted molar refractivity (Wildman–Crippen MR) is 257 cm³/mol. The fraction of sp³-hybridized carbons (Fsp3) is 0.340. The molecule has 1 amide bonds. The molecule has 316 valence electrons. The van der Waals surface area contributed by atoms with Crippen molar-refractivity contribution in [3.05, 3.63) is 140 Å². The van der Waals surface area contributed by atoms with Gasteiger partial charge in [-0.1, -0.05) is 195 Å². The lowest BCUT2D eigenvalue weighted by atomic mass is 10.1. The first-order valence-corrected chi connectivity index (χ1v) is 21.2. The predicted octanol–water partition coefficient (Wildman–Crippen LogP) is 15.7. The first-order valence-electron chi connectivity index (χ1n) is 21.2. The van der Waals surface area contributed by atoms with Crippen molar-refractivity contribution in [3.8, 4) is 22.5 Å². The first-order chi connectivity index (χ1) is 28.4. The van der Waals surface area contributed by atoms with Gasteiger partial charge in [-0.3, -0.25) is 4.79 Å². The van der Waals surface area contributed by atoms with Crippen molar-refractivity contribution in [3.63, 3.8) is 0 Å². The van der Waals surface area contributed by atoms with E-state index in [1.807, 2.05) is 197 Å². The second-order valence-electron chi connectivity index (χ2n) is 10.6. The molecule has 6 aromatic rings. The molecule has 2 heterocycles. The lowest BCUT2D eigenvalue weighted by Crippen LogP contribution is -2.06. The highest BCUT2D eigenvalue weighted by atomic mass is 16.1. The average molecular weight is 790 g/mol. The van der Waals surface area contributed by atoms with Crippen molar-refractivity contribution in [2.75, 3.05) is 16.0 Å². The summed E-state index contributed by atoms with van der Waals surface area (Å²) in [6.07, 6.45) is 5.98. The Bertz CT molecular complexity index is 1770. The van der Waals surface area contributed by atoms with Crippen LogP contribution in [0.25, 0.3) is 22.5 Å². The number of carbonyl (C=O) groups excluding carboxylic acids is 1. The molecule has 3 N–H and O–H groups in total. The fourth-order valence-corrected chi connectivity index (χ4v) is 4.03. The van der Waals surface area contributed by atoms with E-state index < -0.39 is 0 Å². The summed E-state index contributed by atoms with van der Waals surface area (Å²) in [5.74, 6) is 1.00. The van der Waals surface area contributed by atoms with Crippen LogP contribution in [0.4, 0.5) is 29.0 Å². The standard InChI is InChI=1S/C18H16N4O.C16H13N3.2C3H8.5C2H6/c1-13(23)20-15-8-5-9-16(12-15)21-18-19-11-10-17(22-18)14-6-3-2-4-7-14;1-3-7-13(8-4-1)15-11-12-17-16(19-15)18-14-9-5-2-6-10-14;2*1-3-2;5*1-2/h2-12H,1H3,(H,20,23)(H,19,21,22);1-12H,(H,17,18,19);2*3H2,1-2H3;5*1-2H3. The van der Waals surface area contributed by atoms with E-state index in [9.17, 15) is 4.79 Å².